The van der Waals surface area contributed by atoms with Crippen molar-refractivity contribution in [2.45, 2.75) is 6.54 Å². The van der Waals surface area contributed by atoms with Gasteiger partial charge in [0.1, 0.15) is 6.54 Å². The van der Waals surface area contributed by atoms with Gasteiger partial charge in [0.05, 0.1) is 29.3 Å². The molecular formula is C24H19N5O. The molecule has 5 aromatic rings. The van der Waals surface area contributed by atoms with Gasteiger partial charge < -0.3 is 9.55 Å². The molecule has 2 heterocycles. The van der Waals surface area contributed by atoms with Gasteiger partial charge in [0, 0.05) is 16.5 Å². The molecule has 6 heteroatoms. The largest absolute Gasteiger partial charge is 0.354 e. The molecule has 2 N–H and O–H groups in total. The molecule has 1 amide bonds. The summed E-state index contributed by atoms with van der Waals surface area (Å²) in [5.41, 5.74) is 8.40. The Morgan fingerprint density at radius 1 is 1.00 bits per heavy atom. The number of imidazole rings is 1. The third-order valence-corrected chi connectivity index (χ3v) is 5.03. The van der Waals surface area contributed by atoms with Crippen LogP contribution in [0.5, 0.6) is 0 Å². The lowest BCUT2D eigenvalue weighted by Gasteiger charge is -2.03. The molecule has 0 saturated carbocycles. The van der Waals surface area contributed by atoms with Crippen molar-refractivity contribution in [3.05, 3.63) is 90.8 Å². The number of aromatic amines is 1. The number of fused-ring (bicyclic) bond motifs is 2. The van der Waals surface area contributed by atoms with Crippen molar-refractivity contribution < 1.29 is 4.79 Å². The predicted octanol–water partition coefficient (Wildman–Crippen LogP) is 4.33. The summed E-state index contributed by atoms with van der Waals surface area (Å²) in [4.78, 5) is 20.2. The summed E-state index contributed by atoms with van der Waals surface area (Å²) in [5, 5.41) is 5.28. The quantitative estimate of drug-likeness (QED) is 0.344. The van der Waals surface area contributed by atoms with E-state index in [4.69, 9.17) is 0 Å². The van der Waals surface area contributed by atoms with Gasteiger partial charge in [-0.3, -0.25) is 4.79 Å². The molecule has 30 heavy (non-hydrogen) atoms. The maximum absolute atomic E-state index is 12.4. The van der Waals surface area contributed by atoms with Crippen LogP contribution in [0.1, 0.15) is 5.56 Å². The van der Waals surface area contributed by atoms with Gasteiger partial charge in [-0.1, -0.05) is 60.7 Å². The van der Waals surface area contributed by atoms with Crippen LogP contribution >= 0.6 is 0 Å². The smallest absolute Gasteiger partial charge is 0.260 e. The SMILES string of the molecule is O=C(Cn1cnc2ccccc21)N/N=C/c1c(-c2ccccc2)[nH]c2ccccc12. The van der Waals surface area contributed by atoms with Crippen LogP contribution < -0.4 is 5.43 Å². The van der Waals surface area contributed by atoms with E-state index in [-0.39, 0.29) is 12.5 Å². The van der Waals surface area contributed by atoms with Crippen LogP contribution in [-0.4, -0.2) is 26.7 Å². The average Bonchev–Trinajstić information content (AvgIpc) is 3.36. The van der Waals surface area contributed by atoms with Crippen LogP contribution in [0.3, 0.4) is 0 Å². The molecule has 0 aliphatic rings. The first kappa shape index (κ1) is 17.9. The second-order valence-corrected chi connectivity index (χ2v) is 6.98. The molecule has 5 rings (SSSR count). The fourth-order valence-electron chi connectivity index (χ4n) is 3.63. The number of hydrogen-bond donors (Lipinski definition) is 2. The first-order chi connectivity index (χ1) is 14.8. The minimum atomic E-state index is -0.212. The molecular weight excluding hydrogens is 374 g/mol. The van der Waals surface area contributed by atoms with Crippen molar-refractivity contribution in [2.24, 2.45) is 5.10 Å². The van der Waals surface area contributed by atoms with Crippen molar-refractivity contribution in [1.29, 1.82) is 0 Å². The summed E-state index contributed by atoms with van der Waals surface area (Å²) in [6.07, 6.45) is 3.37. The number of aromatic nitrogens is 3. The number of carbonyl (C=O) groups is 1. The Bertz CT molecular complexity index is 1360. The second-order valence-electron chi connectivity index (χ2n) is 6.98. The Labute approximate surface area is 172 Å². The fraction of sp³-hybridized carbons (Fsp3) is 0.0417. The summed E-state index contributed by atoms with van der Waals surface area (Å²) < 4.78 is 1.81. The zero-order chi connectivity index (χ0) is 20.3. The van der Waals surface area contributed by atoms with Crippen LogP contribution in [0.4, 0.5) is 0 Å². The van der Waals surface area contributed by atoms with Crippen LogP contribution in [0, 0.1) is 0 Å². The van der Waals surface area contributed by atoms with Gasteiger partial charge in [0.2, 0.25) is 0 Å². The van der Waals surface area contributed by atoms with Crippen LogP contribution in [-0.2, 0) is 11.3 Å². The number of para-hydroxylation sites is 3. The van der Waals surface area contributed by atoms with Gasteiger partial charge >= 0.3 is 0 Å². The van der Waals surface area contributed by atoms with E-state index in [2.05, 4.69) is 20.5 Å². The minimum Gasteiger partial charge on any atom is -0.354 e. The number of amides is 1. The summed E-state index contributed by atoms with van der Waals surface area (Å²) >= 11 is 0. The van der Waals surface area contributed by atoms with E-state index < -0.39 is 0 Å². The van der Waals surface area contributed by atoms with Gasteiger partial charge in [-0.25, -0.2) is 10.4 Å². The average molecular weight is 393 g/mol. The van der Waals surface area contributed by atoms with Crippen LogP contribution in [0.15, 0.2) is 90.3 Å². The maximum Gasteiger partial charge on any atom is 0.260 e. The van der Waals surface area contributed by atoms with E-state index in [1.165, 1.54) is 0 Å². The summed E-state index contributed by atoms with van der Waals surface area (Å²) in [7, 11) is 0. The molecule has 0 spiro atoms. The Morgan fingerprint density at radius 2 is 1.77 bits per heavy atom. The molecule has 0 unspecified atom stereocenters. The highest BCUT2D eigenvalue weighted by molar-refractivity contribution is 6.06. The van der Waals surface area contributed by atoms with Crippen molar-refractivity contribution in [3.63, 3.8) is 0 Å². The highest BCUT2D eigenvalue weighted by Crippen LogP contribution is 2.28. The van der Waals surface area contributed by atoms with E-state index in [1.807, 2.05) is 78.9 Å². The van der Waals surface area contributed by atoms with E-state index in [9.17, 15) is 4.79 Å². The third kappa shape index (κ3) is 3.35. The zero-order valence-corrected chi connectivity index (χ0v) is 16.1. The highest BCUT2D eigenvalue weighted by Gasteiger charge is 2.11. The van der Waals surface area contributed by atoms with E-state index in [0.29, 0.717) is 0 Å². The van der Waals surface area contributed by atoms with E-state index >= 15 is 0 Å². The lowest BCUT2D eigenvalue weighted by Crippen LogP contribution is -2.22. The molecule has 0 aliphatic heterocycles. The Hall–Kier alpha value is -4.19. The maximum atomic E-state index is 12.4. The van der Waals surface area contributed by atoms with Gasteiger partial charge in [0.15, 0.2) is 0 Å². The summed E-state index contributed by atoms with van der Waals surface area (Å²) in [5.74, 6) is -0.212. The molecule has 6 nitrogen and oxygen atoms in total. The number of nitrogens with zero attached hydrogens (tertiary/aromatic N) is 3. The monoisotopic (exact) mass is 393 g/mol. The van der Waals surface area contributed by atoms with Crippen molar-refractivity contribution >= 4 is 34.1 Å². The Morgan fingerprint density at radius 3 is 2.67 bits per heavy atom. The van der Waals surface area contributed by atoms with Gasteiger partial charge in [-0.05, 0) is 23.8 Å². The molecule has 0 fully saturated rings. The molecule has 0 aliphatic carbocycles. The van der Waals surface area contributed by atoms with Crippen LogP contribution in [0.2, 0.25) is 0 Å². The number of carbonyl (C=O) groups excluding carboxylic acids is 1. The van der Waals surface area contributed by atoms with Crippen molar-refractivity contribution in [2.75, 3.05) is 0 Å². The number of hydrazone groups is 1. The van der Waals surface area contributed by atoms with Gasteiger partial charge in [0.25, 0.3) is 5.91 Å². The molecule has 2 aromatic heterocycles. The number of nitrogens with one attached hydrogen (secondary N) is 2. The Kier molecular flexibility index (Phi) is 4.57. The van der Waals surface area contributed by atoms with E-state index in [0.717, 1.165) is 38.8 Å². The molecule has 0 radical (unpaired) electrons. The van der Waals surface area contributed by atoms with E-state index in [1.54, 1.807) is 17.1 Å². The fourth-order valence-corrected chi connectivity index (χ4v) is 3.63. The molecule has 3 aromatic carbocycles. The number of H-pyrrole nitrogens is 1. The first-order valence-corrected chi connectivity index (χ1v) is 9.67. The second kappa shape index (κ2) is 7.67. The third-order valence-electron chi connectivity index (χ3n) is 5.03. The van der Waals surface area contributed by atoms with Crippen molar-refractivity contribution in [1.82, 2.24) is 20.0 Å². The minimum absolute atomic E-state index is 0.150. The van der Waals surface area contributed by atoms with Crippen molar-refractivity contribution in [3.8, 4) is 11.3 Å². The predicted molar refractivity (Wildman–Crippen MR) is 119 cm³/mol. The van der Waals surface area contributed by atoms with Gasteiger partial charge in [-0.2, -0.15) is 5.10 Å². The Balaban J connectivity index is 1.39. The standard InChI is InChI=1S/C24H19N5O/c30-23(15-29-16-25-21-12-6-7-13-22(21)29)28-26-14-19-18-10-4-5-11-20(18)27-24(19)17-8-2-1-3-9-17/h1-14,16,27H,15H2,(H,28,30)/b26-14+. The molecule has 146 valence electrons. The van der Waals surface area contributed by atoms with Gasteiger partial charge in [-0.15, -0.1) is 0 Å². The normalized spacial score (nSPS) is 11.5. The highest BCUT2D eigenvalue weighted by atomic mass is 16.2. The lowest BCUT2D eigenvalue weighted by atomic mass is 10.1. The first-order valence-electron chi connectivity index (χ1n) is 9.67. The number of rotatable bonds is 5. The molecule has 0 saturated heterocycles. The number of benzene rings is 3. The number of hydrogen-bond acceptors (Lipinski definition) is 3. The summed E-state index contributed by atoms with van der Waals surface area (Å²) in [6, 6.07) is 25.8. The topological polar surface area (TPSA) is 75.1 Å². The zero-order valence-electron chi connectivity index (χ0n) is 16.1. The van der Waals surface area contributed by atoms with Crippen LogP contribution in [0.25, 0.3) is 33.2 Å². The lowest BCUT2D eigenvalue weighted by molar-refractivity contribution is -0.121. The molecule has 0 bridgehead atoms. The molecule has 0 atom stereocenters. The summed E-state index contributed by atoms with van der Waals surface area (Å²) in [6.45, 7) is 0.150.